The number of nitrogens with two attached hydrogens (primary N) is 1. The smallest absolute Gasteiger partial charge is 0.338 e. The second kappa shape index (κ2) is 7.05. The molecule has 1 aliphatic rings. The van der Waals surface area contributed by atoms with E-state index in [4.69, 9.17) is 15.2 Å². The van der Waals surface area contributed by atoms with Crippen LogP contribution in [0, 0.1) is 27.4 Å². The first kappa shape index (κ1) is 18.0. The highest BCUT2D eigenvalue weighted by Gasteiger charge is 2.40. The van der Waals surface area contributed by atoms with Crippen molar-refractivity contribution >= 4 is 11.7 Å². The molecule has 2 N–H and O–H groups in total. The van der Waals surface area contributed by atoms with Gasteiger partial charge in [0.2, 0.25) is 5.88 Å². The van der Waals surface area contributed by atoms with Crippen LogP contribution in [-0.2, 0) is 14.3 Å². The van der Waals surface area contributed by atoms with Crippen LogP contribution in [-0.4, -0.2) is 18.0 Å². The van der Waals surface area contributed by atoms with Crippen molar-refractivity contribution in [2.24, 2.45) is 11.7 Å². The van der Waals surface area contributed by atoms with Gasteiger partial charge in [-0.3, -0.25) is 10.1 Å². The van der Waals surface area contributed by atoms with Crippen molar-refractivity contribution in [3.8, 4) is 6.07 Å². The molecule has 1 aliphatic heterocycles. The molecule has 0 saturated carbocycles. The topological polar surface area (TPSA) is 128 Å². The number of nitrogens with zero attached hydrogens (tertiary/aromatic N) is 2. The third-order valence-electron chi connectivity index (χ3n) is 3.82. The standard InChI is InChI=1S/C17H17N3O5/c1-9(2)15-14(17(21)24-3)13(11(8-18)16(19)25-15)10-6-4-5-7-12(10)20(22)23/h4-7,9,13H,19H2,1-3H3. The van der Waals surface area contributed by atoms with Gasteiger partial charge in [0.05, 0.1) is 23.5 Å². The molecule has 25 heavy (non-hydrogen) atoms. The number of esters is 1. The minimum atomic E-state index is -1.04. The maximum Gasteiger partial charge on any atom is 0.338 e. The quantitative estimate of drug-likeness (QED) is 0.505. The van der Waals surface area contributed by atoms with E-state index < -0.39 is 16.8 Å². The highest BCUT2D eigenvalue weighted by Crippen LogP contribution is 2.44. The minimum absolute atomic E-state index is 0.0394. The molecular weight excluding hydrogens is 326 g/mol. The van der Waals surface area contributed by atoms with E-state index in [1.165, 1.54) is 25.3 Å². The highest BCUT2D eigenvalue weighted by atomic mass is 16.6. The summed E-state index contributed by atoms with van der Waals surface area (Å²) in [5.41, 5.74) is 5.78. The number of hydrogen-bond acceptors (Lipinski definition) is 7. The molecule has 1 atom stereocenters. The third-order valence-corrected chi connectivity index (χ3v) is 3.82. The summed E-state index contributed by atoms with van der Waals surface area (Å²) >= 11 is 0. The van der Waals surface area contributed by atoms with Gasteiger partial charge in [0.1, 0.15) is 17.4 Å². The summed E-state index contributed by atoms with van der Waals surface area (Å²) in [6.45, 7) is 3.55. The molecule has 0 aliphatic carbocycles. The van der Waals surface area contributed by atoms with E-state index in [1.807, 2.05) is 6.07 Å². The molecule has 0 bridgehead atoms. The van der Waals surface area contributed by atoms with Gasteiger partial charge in [0, 0.05) is 17.5 Å². The summed E-state index contributed by atoms with van der Waals surface area (Å²) in [7, 11) is 1.19. The molecule has 0 aromatic heterocycles. The number of nitro groups is 1. The number of nitriles is 1. The number of hydrogen-bond donors (Lipinski definition) is 1. The highest BCUT2D eigenvalue weighted by molar-refractivity contribution is 5.93. The molecule has 0 radical (unpaired) electrons. The Bertz CT molecular complexity index is 833. The summed E-state index contributed by atoms with van der Waals surface area (Å²) < 4.78 is 10.3. The summed E-state index contributed by atoms with van der Waals surface area (Å²) in [6, 6.07) is 7.79. The van der Waals surface area contributed by atoms with Crippen LogP contribution in [0.4, 0.5) is 5.69 Å². The van der Waals surface area contributed by atoms with Crippen molar-refractivity contribution in [2.45, 2.75) is 19.8 Å². The monoisotopic (exact) mass is 343 g/mol. The summed E-state index contributed by atoms with van der Waals surface area (Å²) in [4.78, 5) is 23.3. The lowest BCUT2D eigenvalue weighted by Crippen LogP contribution is -2.27. The molecule has 1 aromatic carbocycles. The Morgan fingerprint density at radius 3 is 2.60 bits per heavy atom. The lowest BCUT2D eigenvalue weighted by Gasteiger charge is -2.29. The number of ether oxygens (including phenoxy) is 2. The zero-order valence-corrected chi connectivity index (χ0v) is 14.0. The van der Waals surface area contributed by atoms with Gasteiger partial charge in [-0.2, -0.15) is 5.26 Å². The molecule has 8 heteroatoms. The number of allylic oxidation sites excluding steroid dienone is 2. The lowest BCUT2D eigenvalue weighted by molar-refractivity contribution is -0.385. The predicted octanol–water partition coefficient (Wildman–Crippen LogP) is 2.49. The average molecular weight is 343 g/mol. The summed E-state index contributed by atoms with van der Waals surface area (Å²) in [6.07, 6.45) is 0. The maximum atomic E-state index is 12.4. The molecule has 0 fully saturated rings. The molecule has 0 amide bonds. The average Bonchev–Trinajstić information content (AvgIpc) is 2.59. The van der Waals surface area contributed by atoms with Crippen LogP contribution < -0.4 is 5.73 Å². The van der Waals surface area contributed by atoms with Gasteiger partial charge in [-0.25, -0.2) is 4.79 Å². The third kappa shape index (κ3) is 3.17. The van der Waals surface area contributed by atoms with Crippen LogP contribution in [0.2, 0.25) is 0 Å². The molecule has 8 nitrogen and oxygen atoms in total. The Balaban J connectivity index is 2.84. The van der Waals surface area contributed by atoms with E-state index in [-0.39, 0.29) is 40.0 Å². The van der Waals surface area contributed by atoms with Gasteiger partial charge in [0.15, 0.2) is 0 Å². The molecule has 1 heterocycles. The summed E-state index contributed by atoms with van der Waals surface area (Å²) in [5.74, 6) is -1.97. The molecule has 1 aromatic rings. The van der Waals surface area contributed by atoms with E-state index in [2.05, 4.69) is 0 Å². The zero-order valence-electron chi connectivity index (χ0n) is 14.0. The maximum absolute atomic E-state index is 12.4. The van der Waals surface area contributed by atoms with Crippen LogP contribution in [0.25, 0.3) is 0 Å². The van der Waals surface area contributed by atoms with Crippen molar-refractivity contribution in [2.75, 3.05) is 7.11 Å². The van der Waals surface area contributed by atoms with Crippen LogP contribution in [0.1, 0.15) is 25.3 Å². The van der Waals surface area contributed by atoms with E-state index in [9.17, 15) is 20.2 Å². The van der Waals surface area contributed by atoms with Crippen LogP contribution >= 0.6 is 0 Å². The second-order valence-electron chi connectivity index (χ2n) is 5.66. The first-order valence-electron chi connectivity index (χ1n) is 7.46. The summed E-state index contributed by atoms with van der Waals surface area (Å²) in [5, 5.41) is 20.9. The number of benzene rings is 1. The van der Waals surface area contributed by atoms with Gasteiger partial charge in [-0.1, -0.05) is 32.0 Å². The normalized spacial score (nSPS) is 17.2. The van der Waals surface area contributed by atoms with Crippen molar-refractivity contribution in [1.29, 1.82) is 5.26 Å². The Hall–Kier alpha value is -3.34. The number of nitro benzene ring substituents is 1. The van der Waals surface area contributed by atoms with Crippen LogP contribution in [0.3, 0.4) is 0 Å². The molecule has 0 saturated heterocycles. The molecule has 2 rings (SSSR count). The fourth-order valence-electron chi connectivity index (χ4n) is 2.74. The molecule has 0 spiro atoms. The fraction of sp³-hybridized carbons (Fsp3) is 0.294. The van der Waals surface area contributed by atoms with E-state index in [1.54, 1.807) is 19.9 Å². The van der Waals surface area contributed by atoms with Gasteiger partial charge in [-0.15, -0.1) is 0 Å². The number of para-hydroxylation sites is 1. The van der Waals surface area contributed by atoms with Gasteiger partial charge < -0.3 is 15.2 Å². The van der Waals surface area contributed by atoms with E-state index >= 15 is 0 Å². The number of carbonyl (C=O) groups is 1. The first-order valence-corrected chi connectivity index (χ1v) is 7.46. The van der Waals surface area contributed by atoms with Crippen molar-refractivity contribution in [3.63, 3.8) is 0 Å². The van der Waals surface area contributed by atoms with Crippen molar-refractivity contribution in [1.82, 2.24) is 0 Å². The van der Waals surface area contributed by atoms with Gasteiger partial charge in [0.25, 0.3) is 5.69 Å². The van der Waals surface area contributed by atoms with Crippen LogP contribution in [0.5, 0.6) is 0 Å². The number of rotatable bonds is 4. The van der Waals surface area contributed by atoms with Gasteiger partial charge >= 0.3 is 5.97 Å². The number of methoxy groups -OCH3 is 1. The van der Waals surface area contributed by atoms with Crippen molar-refractivity contribution in [3.05, 3.63) is 62.7 Å². The Morgan fingerprint density at radius 2 is 2.08 bits per heavy atom. The van der Waals surface area contributed by atoms with E-state index in [0.29, 0.717) is 0 Å². The van der Waals surface area contributed by atoms with Crippen LogP contribution in [0.15, 0.2) is 47.1 Å². The Labute approximate surface area is 144 Å². The number of carbonyl (C=O) groups excluding carboxylic acids is 1. The lowest BCUT2D eigenvalue weighted by atomic mass is 9.81. The Kier molecular flexibility index (Phi) is 5.08. The second-order valence-corrected chi connectivity index (χ2v) is 5.66. The minimum Gasteiger partial charge on any atom is -0.466 e. The Morgan fingerprint density at radius 1 is 1.44 bits per heavy atom. The van der Waals surface area contributed by atoms with Crippen molar-refractivity contribution < 1.29 is 19.2 Å². The predicted molar refractivity (Wildman–Crippen MR) is 87.6 cm³/mol. The molecule has 130 valence electrons. The molecule has 1 unspecified atom stereocenters. The fourth-order valence-corrected chi connectivity index (χ4v) is 2.74. The first-order chi connectivity index (χ1) is 11.8. The largest absolute Gasteiger partial charge is 0.466 e. The van der Waals surface area contributed by atoms with Gasteiger partial charge in [-0.05, 0) is 0 Å². The SMILES string of the molecule is COC(=O)C1=C(C(C)C)OC(N)=C(C#N)C1c1ccccc1[N+](=O)[O-]. The van der Waals surface area contributed by atoms with E-state index in [0.717, 1.165) is 0 Å². The molecular formula is C17H17N3O5. The zero-order chi connectivity index (χ0) is 18.7.